The number of aryl methyl sites for hydroxylation is 1. The lowest BCUT2D eigenvalue weighted by Gasteiger charge is -2.33. The number of anilines is 1. The van der Waals surface area contributed by atoms with E-state index in [0.29, 0.717) is 12.4 Å². The summed E-state index contributed by atoms with van der Waals surface area (Å²) in [5.74, 6) is -0.386. The molecule has 44 heavy (non-hydrogen) atoms. The normalized spacial score (nSPS) is 14.5. The lowest BCUT2D eigenvalue weighted by Crippen LogP contribution is -2.53. The molecule has 4 rings (SSSR count). The third-order valence-electron chi connectivity index (χ3n) is 7.91. The van der Waals surface area contributed by atoms with Gasteiger partial charge in [0.1, 0.15) is 18.3 Å². The lowest BCUT2D eigenvalue weighted by atomic mass is 9.95. The maximum atomic E-state index is 14.3. The molecule has 1 N–H and O–H groups in total. The number of hydrogen-bond acceptors (Lipinski definition) is 6. The van der Waals surface area contributed by atoms with Gasteiger partial charge in [0.15, 0.2) is 0 Å². The van der Waals surface area contributed by atoms with Crippen LogP contribution >= 0.6 is 11.8 Å². The van der Waals surface area contributed by atoms with Crippen molar-refractivity contribution >= 4 is 39.3 Å². The third kappa shape index (κ3) is 8.35. The van der Waals surface area contributed by atoms with Gasteiger partial charge in [0.25, 0.3) is 10.0 Å². The van der Waals surface area contributed by atoms with Gasteiger partial charge in [-0.05, 0) is 81.8 Å². The van der Waals surface area contributed by atoms with Crippen LogP contribution in [0.3, 0.4) is 0 Å². The molecule has 0 bridgehead atoms. The van der Waals surface area contributed by atoms with Crippen LogP contribution in [0.4, 0.5) is 5.69 Å². The Balaban J connectivity index is 1.72. The second-order valence-electron chi connectivity index (χ2n) is 11.1. The number of hydrogen-bond donors (Lipinski definition) is 1. The largest absolute Gasteiger partial charge is 0.492 e. The van der Waals surface area contributed by atoms with E-state index in [1.54, 1.807) is 55.5 Å². The van der Waals surface area contributed by atoms with Crippen LogP contribution < -0.4 is 14.4 Å². The molecule has 0 radical (unpaired) electrons. The zero-order valence-electron chi connectivity index (χ0n) is 26.0. The molecule has 1 unspecified atom stereocenters. The van der Waals surface area contributed by atoms with E-state index < -0.39 is 28.5 Å². The van der Waals surface area contributed by atoms with Crippen LogP contribution in [0.5, 0.6) is 5.75 Å². The van der Waals surface area contributed by atoms with Crippen molar-refractivity contribution in [2.45, 2.75) is 81.3 Å². The Hall–Kier alpha value is -3.50. The van der Waals surface area contributed by atoms with Gasteiger partial charge in [-0.25, -0.2) is 8.42 Å². The Labute approximate surface area is 266 Å². The molecule has 1 fully saturated rings. The van der Waals surface area contributed by atoms with Gasteiger partial charge in [0.05, 0.1) is 17.2 Å². The summed E-state index contributed by atoms with van der Waals surface area (Å²) in [4.78, 5) is 30.3. The van der Waals surface area contributed by atoms with E-state index in [-0.39, 0.29) is 29.1 Å². The van der Waals surface area contributed by atoms with Gasteiger partial charge in [0.2, 0.25) is 11.8 Å². The van der Waals surface area contributed by atoms with Crippen LogP contribution in [0.25, 0.3) is 0 Å². The maximum Gasteiger partial charge on any atom is 0.264 e. The summed E-state index contributed by atoms with van der Waals surface area (Å²) in [6.07, 6.45) is 7.04. The number of carbonyl (C=O) groups is 2. The molecule has 0 heterocycles. The second-order valence-corrected chi connectivity index (χ2v) is 13.9. The van der Waals surface area contributed by atoms with E-state index in [4.69, 9.17) is 4.74 Å². The number of rotatable bonds is 13. The molecule has 8 nitrogen and oxygen atoms in total. The molecule has 0 saturated heterocycles. The van der Waals surface area contributed by atoms with Gasteiger partial charge in [-0.2, -0.15) is 0 Å². The summed E-state index contributed by atoms with van der Waals surface area (Å²) < 4.78 is 35.4. The van der Waals surface area contributed by atoms with E-state index in [2.05, 4.69) is 5.32 Å². The van der Waals surface area contributed by atoms with Crippen molar-refractivity contribution in [3.63, 3.8) is 0 Å². The molecule has 0 aromatic heterocycles. The Kier molecular flexibility index (Phi) is 11.7. The van der Waals surface area contributed by atoms with Crippen molar-refractivity contribution in [3.8, 4) is 5.75 Å². The molecule has 2 amide bonds. The molecule has 10 heteroatoms. The standard InChI is InChI=1S/C34H43N3O5S2/c1-5-42-32-17-10-9-16-31(32)37(44(40,41)30-20-18-29(43-4)19-21-30)24-33(38)36(23-27-13-11-12-25(2)22-27)26(3)34(39)35-28-14-7-6-8-15-28/h9-13,16-22,26,28H,5-8,14-15,23-24H2,1-4H3,(H,35,39). The van der Waals surface area contributed by atoms with Gasteiger partial charge in [-0.3, -0.25) is 13.9 Å². The molecule has 1 saturated carbocycles. The SMILES string of the molecule is CCOc1ccccc1N(CC(=O)N(Cc1cccc(C)c1)C(C)C(=O)NC1CCCCC1)S(=O)(=O)c1ccc(SC)cc1. The molecule has 3 aromatic carbocycles. The molecule has 1 aliphatic carbocycles. The first-order chi connectivity index (χ1) is 21.1. The molecule has 1 atom stereocenters. The number of thioether (sulfide) groups is 1. The summed E-state index contributed by atoms with van der Waals surface area (Å²) >= 11 is 1.51. The highest BCUT2D eigenvalue weighted by molar-refractivity contribution is 7.98. The smallest absolute Gasteiger partial charge is 0.264 e. The van der Waals surface area contributed by atoms with Crippen LogP contribution in [-0.4, -0.2) is 56.6 Å². The van der Waals surface area contributed by atoms with Crippen LogP contribution in [0.2, 0.25) is 0 Å². The minimum Gasteiger partial charge on any atom is -0.492 e. The van der Waals surface area contributed by atoms with Crippen LogP contribution in [0.1, 0.15) is 57.1 Å². The Morgan fingerprint density at radius 2 is 1.70 bits per heavy atom. The van der Waals surface area contributed by atoms with Crippen LogP contribution in [0, 0.1) is 6.92 Å². The summed E-state index contributed by atoms with van der Waals surface area (Å²) in [5.41, 5.74) is 2.14. The maximum absolute atomic E-state index is 14.3. The number of sulfonamides is 1. The predicted molar refractivity (Wildman–Crippen MR) is 177 cm³/mol. The third-order valence-corrected chi connectivity index (χ3v) is 10.4. The van der Waals surface area contributed by atoms with E-state index in [0.717, 1.165) is 52.4 Å². The number of nitrogens with zero attached hydrogens (tertiary/aromatic N) is 2. The van der Waals surface area contributed by atoms with Gasteiger partial charge in [-0.1, -0.05) is 61.2 Å². The van der Waals surface area contributed by atoms with Crippen molar-refractivity contribution in [1.82, 2.24) is 10.2 Å². The predicted octanol–water partition coefficient (Wildman–Crippen LogP) is 6.18. The summed E-state index contributed by atoms with van der Waals surface area (Å²) in [6.45, 7) is 5.46. The average molecular weight is 638 g/mol. The minimum atomic E-state index is -4.20. The van der Waals surface area contributed by atoms with Crippen molar-refractivity contribution in [1.29, 1.82) is 0 Å². The number of para-hydroxylation sites is 2. The Morgan fingerprint density at radius 3 is 2.36 bits per heavy atom. The van der Waals surface area contributed by atoms with E-state index in [9.17, 15) is 18.0 Å². The molecule has 236 valence electrons. The zero-order chi connectivity index (χ0) is 31.7. The van der Waals surface area contributed by atoms with Crippen LogP contribution in [0.15, 0.2) is 82.6 Å². The fraction of sp³-hybridized carbons (Fsp3) is 0.412. The number of amides is 2. The Bertz CT molecular complexity index is 1520. The number of nitrogens with one attached hydrogen (secondary N) is 1. The number of carbonyl (C=O) groups excluding carboxylic acids is 2. The first-order valence-electron chi connectivity index (χ1n) is 15.2. The topological polar surface area (TPSA) is 96.0 Å². The number of ether oxygens (including phenoxy) is 1. The highest BCUT2D eigenvalue weighted by atomic mass is 32.2. The van der Waals surface area contributed by atoms with Crippen molar-refractivity contribution in [2.75, 3.05) is 23.7 Å². The monoisotopic (exact) mass is 637 g/mol. The second kappa shape index (κ2) is 15.5. The summed E-state index contributed by atoms with van der Waals surface area (Å²) in [5, 5.41) is 3.14. The quantitative estimate of drug-likeness (QED) is 0.225. The first-order valence-corrected chi connectivity index (χ1v) is 17.8. The van der Waals surface area contributed by atoms with Gasteiger partial charge in [-0.15, -0.1) is 11.8 Å². The highest BCUT2D eigenvalue weighted by Crippen LogP contribution is 2.33. The minimum absolute atomic E-state index is 0.0581. The van der Waals surface area contributed by atoms with Gasteiger partial charge in [0, 0.05) is 17.5 Å². The Morgan fingerprint density at radius 1 is 1.00 bits per heavy atom. The first kappa shape index (κ1) is 33.4. The lowest BCUT2D eigenvalue weighted by molar-refractivity contribution is -0.139. The zero-order valence-corrected chi connectivity index (χ0v) is 27.6. The van der Waals surface area contributed by atoms with Gasteiger partial charge < -0.3 is 15.0 Å². The molecule has 1 aliphatic rings. The molecular formula is C34H43N3O5S2. The molecule has 0 spiro atoms. The summed E-state index contributed by atoms with van der Waals surface area (Å²) in [7, 11) is -4.20. The molecular weight excluding hydrogens is 595 g/mol. The van der Waals surface area contributed by atoms with Crippen molar-refractivity contribution < 1.29 is 22.7 Å². The molecule has 3 aromatic rings. The van der Waals surface area contributed by atoms with Crippen molar-refractivity contribution in [3.05, 3.63) is 83.9 Å². The fourth-order valence-electron chi connectivity index (χ4n) is 5.49. The van der Waals surface area contributed by atoms with Crippen molar-refractivity contribution in [2.24, 2.45) is 0 Å². The molecule has 0 aliphatic heterocycles. The number of benzene rings is 3. The van der Waals surface area contributed by atoms with Gasteiger partial charge >= 0.3 is 0 Å². The van der Waals surface area contributed by atoms with E-state index in [1.165, 1.54) is 16.7 Å². The summed E-state index contributed by atoms with van der Waals surface area (Å²) in [6, 6.07) is 20.4. The van der Waals surface area contributed by atoms with E-state index in [1.807, 2.05) is 44.4 Å². The van der Waals surface area contributed by atoms with Crippen LogP contribution in [-0.2, 0) is 26.2 Å². The average Bonchev–Trinajstić information content (AvgIpc) is 3.03. The van der Waals surface area contributed by atoms with E-state index >= 15 is 0 Å². The fourth-order valence-corrected chi connectivity index (χ4v) is 7.32. The highest BCUT2D eigenvalue weighted by Gasteiger charge is 2.34.